The number of hydrogen-bond donors (Lipinski definition) is 0. The normalized spacial score (nSPS) is 15.8. The lowest BCUT2D eigenvalue weighted by Crippen LogP contribution is -2.46. The second kappa shape index (κ2) is 6.94. The number of ether oxygens (including phenoxy) is 1. The van der Waals surface area contributed by atoms with E-state index >= 15 is 0 Å². The Morgan fingerprint density at radius 3 is 2.55 bits per heavy atom. The van der Waals surface area contributed by atoms with Gasteiger partial charge in [0.25, 0.3) is 0 Å². The molecule has 0 bridgehead atoms. The third-order valence-electron chi connectivity index (χ3n) is 3.84. The first-order valence-electron chi connectivity index (χ1n) is 7.33. The Bertz CT molecular complexity index is 615. The molecule has 0 saturated carbocycles. The first-order chi connectivity index (χ1) is 10.8. The molecule has 5 nitrogen and oxygen atoms in total. The van der Waals surface area contributed by atoms with Crippen molar-refractivity contribution in [2.45, 2.75) is 6.54 Å². The van der Waals surface area contributed by atoms with E-state index in [1.165, 1.54) is 0 Å². The van der Waals surface area contributed by atoms with Gasteiger partial charge in [0, 0.05) is 55.7 Å². The number of methoxy groups -OCH3 is 1. The third-order valence-corrected chi connectivity index (χ3v) is 4.08. The molecule has 1 aromatic heterocycles. The molecule has 0 atom stereocenters. The lowest BCUT2D eigenvalue weighted by molar-refractivity contribution is 0.245. The number of halogens is 1. The van der Waals surface area contributed by atoms with Crippen molar-refractivity contribution in [2.75, 3.05) is 38.2 Å². The zero-order valence-electron chi connectivity index (χ0n) is 12.6. The maximum Gasteiger partial charge on any atom is 0.225 e. The fourth-order valence-corrected chi connectivity index (χ4v) is 2.87. The molecule has 0 N–H and O–H groups in total. The van der Waals surface area contributed by atoms with Crippen LogP contribution in [0.2, 0.25) is 5.02 Å². The van der Waals surface area contributed by atoms with Crippen LogP contribution in [0, 0.1) is 0 Å². The van der Waals surface area contributed by atoms with Crippen LogP contribution >= 0.6 is 11.6 Å². The molecule has 0 spiro atoms. The van der Waals surface area contributed by atoms with Gasteiger partial charge in [0.1, 0.15) is 5.75 Å². The summed E-state index contributed by atoms with van der Waals surface area (Å²) in [6.45, 7) is 4.62. The summed E-state index contributed by atoms with van der Waals surface area (Å²) in [5.74, 6) is 1.70. The van der Waals surface area contributed by atoms with Gasteiger partial charge in [0.05, 0.1) is 7.11 Å². The number of rotatable bonds is 4. The molecule has 2 aromatic rings. The number of hydrogen-bond acceptors (Lipinski definition) is 5. The number of anilines is 1. The molecule has 0 unspecified atom stereocenters. The molecule has 1 saturated heterocycles. The Labute approximate surface area is 135 Å². The Hall–Kier alpha value is -1.85. The summed E-state index contributed by atoms with van der Waals surface area (Å²) in [7, 11) is 1.69. The van der Waals surface area contributed by atoms with Gasteiger partial charge in [-0.3, -0.25) is 4.90 Å². The average molecular weight is 319 g/mol. The standard InChI is InChI=1S/C16H19ClN4O/c1-22-15-4-3-14(17)11-13(15)12-20-7-9-21(10-8-20)16-18-5-2-6-19-16/h2-6,11H,7-10,12H2,1H3. The second-order valence-electron chi connectivity index (χ2n) is 5.27. The summed E-state index contributed by atoms with van der Waals surface area (Å²) in [5, 5.41) is 0.743. The Balaban J connectivity index is 1.62. The van der Waals surface area contributed by atoms with E-state index in [9.17, 15) is 0 Å². The highest BCUT2D eigenvalue weighted by Gasteiger charge is 2.19. The highest BCUT2D eigenvalue weighted by Crippen LogP contribution is 2.24. The molecular weight excluding hydrogens is 300 g/mol. The smallest absolute Gasteiger partial charge is 0.225 e. The first kappa shape index (κ1) is 15.1. The molecular formula is C16H19ClN4O. The van der Waals surface area contributed by atoms with Crippen molar-refractivity contribution >= 4 is 17.5 Å². The van der Waals surface area contributed by atoms with E-state index in [1.807, 2.05) is 24.3 Å². The maximum absolute atomic E-state index is 6.10. The summed E-state index contributed by atoms with van der Waals surface area (Å²) in [5.41, 5.74) is 1.12. The fraction of sp³-hybridized carbons (Fsp3) is 0.375. The molecule has 1 aliphatic heterocycles. The SMILES string of the molecule is COc1ccc(Cl)cc1CN1CCN(c2ncccn2)CC1. The molecule has 2 heterocycles. The van der Waals surface area contributed by atoms with Crippen LogP contribution in [0.5, 0.6) is 5.75 Å². The lowest BCUT2D eigenvalue weighted by atomic mass is 10.1. The highest BCUT2D eigenvalue weighted by atomic mass is 35.5. The van der Waals surface area contributed by atoms with Crippen LogP contribution in [0.25, 0.3) is 0 Å². The highest BCUT2D eigenvalue weighted by molar-refractivity contribution is 6.30. The van der Waals surface area contributed by atoms with Gasteiger partial charge in [-0.15, -0.1) is 0 Å². The van der Waals surface area contributed by atoms with Crippen LogP contribution in [-0.4, -0.2) is 48.2 Å². The molecule has 1 fully saturated rings. The van der Waals surface area contributed by atoms with Crippen LogP contribution in [0.15, 0.2) is 36.7 Å². The Morgan fingerprint density at radius 2 is 1.86 bits per heavy atom. The summed E-state index contributed by atoms with van der Waals surface area (Å²) in [6.07, 6.45) is 3.57. The van der Waals surface area contributed by atoms with Gasteiger partial charge in [-0.05, 0) is 24.3 Å². The molecule has 6 heteroatoms. The van der Waals surface area contributed by atoms with E-state index in [2.05, 4.69) is 19.8 Å². The Morgan fingerprint density at radius 1 is 1.14 bits per heavy atom. The topological polar surface area (TPSA) is 41.5 Å². The van der Waals surface area contributed by atoms with E-state index in [0.29, 0.717) is 0 Å². The van der Waals surface area contributed by atoms with Crippen LogP contribution in [0.1, 0.15) is 5.56 Å². The van der Waals surface area contributed by atoms with E-state index in [4.69, 9.17) is 16.3 Å². The van der Waals surface area contributed by atoms with Crippen molar-refractivity contribution < 1.29 is 4.74 Å². The summed E-state index contributed by atoms with van der Waals surface area (Å²) < 4.78 is 5.42. The largest absolute Gasteiger partial charge is 0.496 e. The van der Waals surface area contributed by atoms with Crippen LogP contribution in [0.3, 0.4) is 0 Å². The second-order valence-corrected chi connectivity index (χ2v) is 5.70. The first-order valence-corrected chi connectivity index (χ1v) is 7.71. The number of aromatic nitrogens is 2. The summed E-state index contributed by atoms with van der Waals surface area (Å²) in [6, 6.07) is 7.60. The predicted molar refractivity (Wildman–Crippen MR) is 87.5 cm³/mol. The van der Waals surface area contributed by atoms with Crippen molar-refractivity contribution in [3.8, 4) is 5.75 Å². The minimum absolute atomic E-state index is 0.743. The average Bonchev–Trinajstić information content (AvgIpc) is 2.57. The Kier molecular flexibility index (Phi) is 4.75. The van der Waals surface area contributed by atoms with Gasteiger partial charge in [0.2, 0.25) is 5.95 Å². The zero-order chi connectivity index (χ0) is 15.4. The molecule has 0 amide bonds. The van der Waals surface area contributed by atoms with Gasteiger partial charge in [-0.1, -0.05) is 11.6 Å². The molecule has 22 heavy (non-hydrogen) atoms. The van der Waals surface area contributed by atoms with Crippen molar-refractivity contribution in [1.29, 1.82) is 0 Å². The third kappa shape index (κ3) is 3.48. The monoisotopic (exact) mass is 318 g/mol. The molecule has 3 rings (SSSR count). The van der Waals surface area contributed by atoms with E-state index in [0.717, 1.165) is 55.0 Å². The zero-order valence-corrected chi connectivity index (χ0v) is 13.3. The summed E-state index contributed by atoms with van der Waals surface area (Å²) >= 11 is 6.10. The van der Waals surface area contributed by atoms with Gasteiger partial charge >= 0.3 is 0 Å². The van der Waals surface area contributed by atoms with E-state index in [1.54, 1.807) is 19.5 Å². The molecule has 0 radical (unpaired) electrons. The van der Waals surface area contributed by atoms with Crippen molar-refractivity contribution in [1.82, 2.24) is 14.9 Å². The van der Waals surface area contributed by atoms with Gasteiger partial charge in [-0.2, -0.15) is 0 Å². The summed E-state index contributed by atoms with van der Waals surface area (Å²) in [4.78, 5) is 13.2. The number of benzene rings is 1. The van der Waals surface area contributed by atoms with Crippen LogP contribution in [0.4, 0.5) is 5.95 Å². The number of piperazine rings is 1. The van der Waals surface area contributed by atoms with E-state index in [-0.39, 0.29) is 0 Å². The van der Waals surface area contributed by atoms with Crippen LogP contribution < -0.4 is 9.64 Å². The van der Waals surface area contributed by atoms with Crippen molar-refractivity contribution in [3.63, 3.8) is 0 Å². The van der Waals surface area contributed by atoms with Crippen molar-refractivity contribution in [3.05, 3.63) is 47.2 Å². The molecule has 1 aromatic carbocycles. The van der Waals surface area contributed by atoms with Gasteiger partial charge in [0.15, 0.2) is 0 Å². The lowest BCUT2D eigenvalue weighted by Gasteiger charge is -2.34. The minimum atomic E-state index is 0.743. The van der Waals surface area contributed by atoms with E-state index < -0.39 is 0 Å². The van der Waals surface area contributed by atoms with Gasteiger partial charge < -0.3 is 9.64 Å². The predicted octanol–water partition coefficient (Wildman–Crippen LogP) is 2.46. The molecule has 116 valence electrons. The number of nitrogens with zero attached hydrogens (tertiary/aromatic N) is 4. The minimum Gasteiger partial charge on any atom is -0.496 e. The quantitative estimate of drug-likeness (QED) is 0.866. The maximum atomic E-state index is 6.10. The van der Waals surface area contributed by atoms with Crippen LogP contribution in [-0.2, 0) is 6.54 Å². The molecule has 1 aliphatic rings. The van der Waals surface area contributed by atoms with Gasteiger partial charge in [-0.25, -0.2) is 9.97 Å². The van der Waals surface area contributed by atoms with Crippen molar-refractivity contribution in [2.24, 2.45) is 0 Å². The molecule has 0 aliphatic carbocycles. The fourth-order valence-electron chi connectivity index (χ4n) is 2.67.